The number of H-pyrrole nitrogens is 1. The van der Waals surface area contributed by atoms with Gasteiger partial charge in [0.15, 0.2) is 11.3 Å². The largest absolute Gasteiger partial charge is 0.394 e. The minimum Gasteiger partial charge on any atom is -0.394 e. The highest BCUT2D eigenvalue weighted by molar-refractivity contribution is 5.85. The lowest BCUT2D eigenvalue weighted by Gasteiger charge is -2.12. The standard InChI is InChI=1S/C10H13N5O4/c11-10-6-4(12-2-13-10)5(14-15-6)9-8(18)7(17)3(1-16)19-9/h2-3,7-9,16-18H,1H2,(H,14,15)(H2,11,12,13)/t3-,7-,8-,9+/m1/s1. The third-order valence-electron chi connectivity index (χ3n) is 3.22. The Bertz CT molecular complexity index is 603. The number of aliphatic hydroxyl groups excluding tert-OH is 3. The van der Waals surface area contributed by atoms with Crippen LogP contribution in [0, 0.1) is 0 Å². The Labute approximate surface area is 107 Å². The molecule has 1 aliphatic rings. The van der Waals surface area contributed by atoms with E-state index in [4.69, 9.17) is 15.6 Å². The minimum atomic E-state index is -1.18. The van der Waals surface area contributed by atoms with Crippen LogP contribution in [0.1, 0.15) is 11.8 Å². The first-order chi connectivity index (χ1) is 9.13. The van der Waals surface area contributed by atoms with Crippen molar-refractivity contribution in [3.8, 4) is 0 Å². The molecule has 0 bridgehead atoms. The molecule has 3 rings (SSSR count). The zero-order valence-corrected chi connectivity index (χ0v) is 9.76. The molecule has 0 aromatic carbocycles. The highest BCUT2D eigenvalue weighted by atomic mass is 16.6. The molecule has 1 saturated heterocycles. The van der Waals surface area contributed by atoms with Crippen LogP contribution in [0.3, 0.4) is 0 Å². The van der Waals surface area contributed by atoms with Gasteiger partial charge in [-0.1, -0.05) is 0 Å². The van der Waals surface area contributed by atoms with Crippen molar-refractivity contribution in [3.63, 3.8) is 0 Å². The maximum atomic E-state index is 9.95. The molecule has 0 saturated carbocycles. The Morgan fingerprint density at radius 2 is 2.05 bits per heavy atom. The fourth-order valence-corrected chi connectivity index (χ4v) is 2.21. The normalized spacial score (nSPS) is 31.1. The summed E-state index contributed by atoms with van der Waals surface area (Å²) < 4.78 is 5.40. The van der Waals surface area contributed by atoms with Crippen LogP contribution in [0.4, 0.5) is 5.82 Å². The summed E-state index contributed by atoms with van der Waals surface area (Å²) in [6.45, 7) is -0.391. The van der Waals surface area contributed by atoms with Gasteiger partial charge >= 0.3 is 0 Å². The van der Waals surface area contributed by atoms with Crippen LogP contribution in [-0.2, 0) is 4.74 Å². The summed E-state index contributed by atoms with van der Waals surface area (Å²) in [5.74, 6) is 0.208. The van der Waals surface area contributed by atoms with Crippen LogP contribution in [0.25, 0.3) is 11.0 Å². The third kappa shape index (κ3) is 1.75. The van der Waals surface area contributed by atoms with Crippen molar-refractivity contribution >= 4 is 16.9 Å². The van der Waals surface area contributed by atoms with Gasteiger partial charge < -0.3 is 25.8 Å². The molecular weight excluding hydrogens is 254 g/mol. The molecule has 0 amide bonds. The van der Waals surface area contributed by atoms with E-state index < -0.39 is 31.0 Å². The van der Waals surface area contributed by atoms with E-state index in [9.17, 15) is 10.2 Å². The second kappa shape index (κ2) is 4.38. The number of anilines is 1. The highest BCUT2D eigenvalue weighted by Gasteiger charge is 2.44. The molecule has 1 fully saturated rings. The van der Waals surface area contributed by atoms with Gasteiger partial charge in [0.1, 0.15) is 36.3 Å². The Hall–Kier alpha value is -1.81. The number of nitrogens with zero attached hydrogens (tertiary/aromatic N) is 3. The summed E-state index contributed by atoms with van der Waals surface area (Å²) in [5.41, 5.74) is 6.84. The topological polar surface area (TPSA) is 150 Å². The van der Waals surface area contributed by atoms with E-state index in [2.05, 4.69) is 20.2 Å². The predicted molar refractivity (Wildman–Crippen MR) is 62.8 cm³/mol. The van der Waals surface area contributed by atoms with Crippen LogP contribution in [0.5, 0.6) is 0 Å². The van der Waals surface area contributed by atoms with E-state index in [-0.39, 0.29) is 5.82 Å². The summed E-state index contributed by atoms with van der Waals surface area (Å²) >= 11 is 0. The lowest BCUT2D eigenvalue weighted by atomic mass is 10.1. The molecule has 4 atom stereocenters. The van der Waals surface area contributed by atoms with Gasteiger partial charge in [-0.3, -0.25) is 5.10 Å². The number of fused-ring (bicyclic) bond motifs is 1. The van der Waals surface area contributed by atoms with E-state index in [1.165, 1.54) is 6.33 Å². The van der Waals surface area contributed by atoms with Gasteiger partial charge in [0.05, 0.1) is 12.3 Å². The second-order valence-electron chi connectivity index (χ2n) is 4.35. The zero-order valence-electron chi connectivity index (χ0n) is 9.76. The van der Waals surface area contributed by atoms with Crippen LogP contribution in [0.15, 0.2) is 6.33 Å². The lowest BCUT2D eigenvalue weighted by molar-refractivity contribution is -0.0236. The van der Waals surface area contributed by atoms with Crippen molar-refractivity contribution < 1.29 is 20.1 Å². The summed E-state index contributed by atoms with van der Waals surface area (Å²) in [6, 6.07) is 0. The molecule has 9 heteroatoms. The van der Waals surface area contributed by atoms with Gasteiger partial charge in [0, 0.05) is 0 Å². The number of aliphatic hydroxyl groups is 3. The second-order valence-corrected chi connectivity index (χ2v) is 4.35. The molecule has 1 aliphatic heterocycles. The Morgan fingerprint density at radius 3 is 2.74 bits per heavy atom. The lowest BCUT2D eigenvalue weighted by Crippen LogP contribution is -2.32. The van der Waals surface area contributed by atoms with E-state index in [1.54, 1.807) is 0 Å². The van der Waals surface area contributed by atoms with Gasteiger partial charge in [0.25, 0.3) is 0 Å². The van der Waals surface area contributed by atoms with Crippen LogP contribution >= 0.6 is 0 Å². The van der Waals surface area contributed by atoms with Crippen molar-refractivity contribution in [2.24, 2.45) is 0 Å². The minimum absolute atomic E-state index is 0.208. The summed E-state index contributed by atoms with van der Waals surface area (Å²) in [7, 11) is 0. The van der Waals surface area contributed by atoms with E-state index >= 15 is 0 Å². The van der Waals surface area contributed by atoms with Crippen LogP contribution < -0.4 is 5.73 Å². The van der Waals surface area contributed by atoms with Gasteiger partial charge in [0.2, 0.25) is 0 Å². The molecule has 6 N–H and O–H groups in total. The average molecular weight is 267 g/mol. The van der Waals surface area contributed by atoms with Gasteiger partial charge in [-0.2, -0.15) is 5.10 Å². The molecule has 0 aliphatic carbocycles. The summed E-state index contributed by atoms with van der Waals surface area (Å²) in [6.07, 6.45) is -2.79. The van der Waals surface area contributed by atoms with Gasteiger partial charge in [-0.15, -0.1) is 0 Å². The third-order valence-corrected chi connectivity index (χ3v) is 3.22. The Kier molecular flexibility index (Phi) is 2.82. The monoisotopic (exact) mass is 267 g/mol. The maximum absolute atomic E-state index is 9.95. The first-order valence-electron chi connectivity index (χ1n) is 5.70. The molecule has 19 heavy (non-hydrogen) atoms. The van der Waals surface area contributed by atoms with Crippen molar-refractivity contribution in [2.45, 2.75) is 24.4 Å². The fourth-order valence-electron chi connectivity index (χ4n) is 2.21. The molecule has 9 nitrogen and oxygen atoms in total. The van der Waals surface area contributed by atoms with E-state index in [0.29, 0.717) is 16.7 Å². The summed E-state index contributed by atoms with van der Waals surface area (Å²) in [4.78, 5) is 7.84. The summed E-state index contributed by atoms with van der Waals surface area (Å²) in [5, 5.41) is 35.4. The highest BCUT2D eigenvalue weighted by Crippen LogP contribution is 2.35. The number of hydrogen-bond donors (Lipinski definition) is 5. The van der Waals surface area contributed by atoms with E-state index in [0.717, 1.165) is 0 Å². The van der Waals surface area contributed by atoms with Gasteiger partial charge in [-0.05, 0) is 0 Å². The quantitative estimate of drug-likeness (QED) is 0.423. The smallest absolute Gasteiger partial charge is 0.155 e. The zero-order chi connectivity index (χ0) is 13.6. The number of rotatable bonds is 2. The van der Waals surface area contributed by atoms with Gasteiger partial charge in [-0.25, -0.2) is 9.97 Å². The average Bonchev–Trinajstić information content (AvgIpc) is 2.94. The fraction of sp³-hybridized carbons (Fsp3) is 0.500. The van der Waals surface area contributed by atoms with Crippen LogP contribution in [0.2, 0.25) is 0 Å². The van der Waals surface area contributed by atoms with Crippen molar-refractivity contribution in [1.29, 1.82) is 0 Å². The molecule has 3 heterocycles. The first kappa shape index (κ1) is 12.2. The van der Waals surface area contributed by atoms with Crippen molar-refractivity contribution in [3.05, 3.63) is 12.0 Å². The molecule has 0 spiro atoms. The molecule has 0 radical (unpaired) electrons. The number of nitrogens with one attached hydrogen (secondary N) is 1. The molecule has 102 valence electrons. The first-order valence-corrected chi connectivity index (χ1v) is 5.70. The van der Waals surface area contributed by atoms with Crippen molar-refractivity contribution in [1.82, 2.24) is 20.2 Å². The van der Waals surface area contributed by atoms with E-state index in [1.807, 2.05) is 0 Å². The maximum Gasteiger partial charge on any atom is 0.155 e. The molecular formula is C10H13N5O4. The number of nitrogen functional groups attached to an aromatic ring is 1. The molecule has 0 unspecified atom stereocenters. The Balaban J connectivity index is 2.04. The van der Waals surface area contributed by atoms with Crippen molar-refractivity contribution in [2.75, 3.05) is 12.3 Å². The Morgan fingerprint density at radius 1 is 1.26 bits per heavy atom. The number of nitrogens with two attached hydrogens (primary N) is 1. The number of ether oxygens (including phenoxy) is 1. The van der Waals surface area contributed by atoms with Crippen LogP contribution in [-0.4, -0.2) is 60.4 Å². The number of aromatic amines is 1. The number of hydrogen-bond acceptors (Lipinski definition) is 8. The molecule has 2 aromatic rings. The SMILES string of the molecule is Nc1ncnc2c([C@@H]3O[C@H](CO)[C@@H](O)[C@H]3O)[nH]nc12. The number of aromatic nitrogens is 4. The molecule has 2 aromatic heterocycles. The predicted octanol–water partition coefficient (Wildman–Crippen LogP) is -1.91.